The van der Waals surface area contributed by atoms with Crippen molar-refractivity contribution in [3.8, 4) is 0 Å². The van der Waals surface area contributed by atoms with Crippen LogP contribution in [0.1, 0.15) is 18.9 Å². The third-order valence-corrected chi connectivity index (χ3v) is 2.44. The minimum Gasteiger partial charge on any atom is -0.409 e. The number of nitrogens with two attached hydrogens (primary N) is 1. The normalized spacial score (nSPS) is 20.2. The van der Waals surface area contributed by atoms with Gasteiger partial charge in [-0.05, 0) is 30.9 Å². The van der Waals surface area contributed by atoms with Gasteiger partial charge in [-0.1, -0.05) is 5.16 Å². The lowest BCUT2D eigenvalue weighted by molar-refractivity contribution is 0.312. The monoisotopic (exact) mass is 179 g/mol. The molecule has 0 aliphatic heterocycles. The summed E-state index contributed by atoms with van der Waals surface area (Å²) in [6.07, 6.45) is 6.22. The molecule has 13 heavy (non-hydrogen) atoms. The topological polar surface area (TPSA) is 63.5 Å². The number of oxime groups is 1. The van der Waals surface area contributed by atoms with Crippen LogP contribution in [0.3, 0.4) is 0 Å². The number of aromatic nitrogens is 1. The van der Waals surface area contributed by atoms with Gasteiger partial charge in [0, 0.05) is 12.4 Å². The van der Waals surface area contributed by atoms with Gasteiger partial charge in [-0.3, -0.25) is 0 Å². The van der Waals surface area contributed by atoms with Crippen molar-refractivity contribution < 1.29 is 5.21 Å². The van der Waals surface area contributed by atoms with E-state index in [1.165, 1.54) is 12.8 Å². The summed E-state index contributed by atoms with van der Waals surface area (Å²) in [5.74, 6) is 0.849. The summed E-state index contributed by atoms with van der Waals surface area (Å²) in [5, 5.41) is 11.7. The molecule has 1 atom stereocenters. The molecule has 1 aromatic heterocycles. The lowest BCUT2D eigenvalue weighted by atomic mass is 10.1. The largest absolute Gasteiger partial charge is 0.409 e. The van der Waals surface area contributed by atoms with Crippen molar-refractivity contribution in [3.63, 3.8) is 0 Å². The van der Waals surface area contributed by atoms with E-state index in [1.54, 1.807) is 0 Å². The van der Waals surface area contributed by atoms with E-state index < -0.39 is 0 Å². The summed E-state index contributed by atoms with van der Waals surface area (Å²) >= 11 is 0. The van der Waals surface area contributed by atoms with E-state index in [0.29, 0.717) is 11.8 Å². The van der Waals surface area contributed by atoms with Crippen LogP contribution in [0.4, 0.5) is 0 Å². The van der Waals surface area contributed by atoms with Crippen LogP contribution in [0.2, 0.25) is 0 Å². The molecule has 0 unspecified atom stereocenters. The average molecular weight is 179 g/mol. The fourth-order valence-electron chi connectivity index (χ4n) is 1.64. The smallest absolute Gasteiger partial charge is 0.162 e. The third-order valence-electron chi connectivity index (χ3n) is 2.44. The maximum atomic E-state index is 8.63. The summed E-state index contributed by atoms with van der Waals surface area (Å²) in [6.45, 7) is 0. The van der Waals surface area contributed by atoms with E-state index in [2.05, 4.69) is 5.16 Å². The maximum Gasteiger partial charge on any atom is 0.162 e. The highest BCUT2D eigenvalue weighted by Gasteiger charge is 2.34. The Labute approximate surface area is 76.7 Å². The molecule has 0 spiro atoms. The molecule has 0 aromatic carbocycles. The highest BCUT2D eigenvalue weighted by Crippen LogP contribution is 2.39. The minimum absolute atomic E-state index is 0.0417. The van der Waals surface area contributed by atoms with Crippen molar-refractivity contribution >= 4 is 5.84 Å². The molecule has 1 heterocycles. The molecule has 0 bridgehead atoms. The Morgan fingerprint density at radius 3 is 2.54 bits per heavy atom. The predicted molar refractivity (Wildman–Crippen MR) is 49.6 cm³/mol. The van der Waals surface area contributed by atoms with Crippen LogP contribution in [0.25, 0.3) is 0 Å². The van der Waals surface area contributed by atoms with Crippen LogP contribution in [0, 0.1) is 5.92 Å². The number of nitrogens with zero attached hydrogens (tertiary/aromatic N) is 2. The highest BCUT2D eigenvalue weighted by atomic mass is 16.4. The van der Waals surface area contributed by atoms with Crippen molar-refractivity contribution in [2.24, 2.45) is 16.8 Å². The van der Waals surface area contributed by atoms with E-state index in [9.17, 15) is 0 Å². The van der Waals surface area contributed by atoms with Crippen LogP contribution in [-0.4, -0.2) is 15.6 Å². The van der Waals surface area contributed by atoms with Gasteiger partial charge in [0.25, 0.3) is 0 Å². The standard InChI is InChI=1S/C9H13N3O/c10-9(11-13)8(7-3-4-7)12-5-1-2-6-12/h1-2,5-8,13H,3-4H2,(H2,10,11)/t8-/m0/s1. The Hall–Kier alpha value is -1.45. The quantitative estimate of drug-likeness (QED) is 0.317. The second-order valence-corrected chi connectivity index (χ2v) is 3.44. The molecular weight excluding hydrogens is 166 g/mol. The molecule has 1 aromatic rings. The van der Waals surface area contributed by atoms with E-state index in [1.807, 2.05) is 29.1 Å². The molecule has 0 saturated heterocycles. The summed E-state index contributed by atoms with van der Waals surface area (Å²) < 4.78 is 1.99. The molecular formula is C9H13N3O. The first-order valence-electron chi connectivity index (χ1n) is 4.43. The van der Waals surface area contributed by atoms with Gasteiger partial charge in [-0.2, -0.15) is 0 Å². The SMILES string of the molecule is NC(=NO)[C@H](C1CC1)n1cccc1. The van der Waals surface area contributed by atoms with Gasteiger partial charge in [0.2, 0.25) is 0 Å². The Kier molecular flexibility index (Phi) is 1.96. The lowest BCUT2D eigenvalue weighted by Gasteiger charge is -2.16. The summed E-state index contributed by atoms with van der Waals surface area (Å²) in [7, 11) is 0. The maximum absolute atomic E-state index is 8.63. The summed E-state index contributed by atoms with van der Waals surface area (Å²) in [6, 6.07) is 3.93. The second-order valence-electron chi connectivity index (χ2n) is 3.44. The first-order valence-corrected chi connectivity index (χ1v) is 4.43. The molecule has 0 amide bonds. The van der Waals surface area contributed by atoms with Crippen LogP contribution in [0.5, 0.6) is 0 Å². The van der Waals surface area contributed by atoms with Crippen molar-refractivity contribution in [3.05, 3.63) is 24.5 Å². The molecule has 4 heteroatoms. The number of rotatable bonds is 3. The van der Waals surface area contributed by atoms with E-state index >= 15 is 0 Å². The third kappa shape index (κ3) is 1.52. The zero-order chi connectivity index (χ0) is 9.26. The van der Waals surface area contributed by atoms with E-state index in [-0.39, 0.29) is 6.04 Å². The zero-order valence-electron chi connectivity index (χ0n) is 7.30. The number of amidine groups is 1. The molecule has 2 rings (SSSR count). The number of hydrogen-bond donors (Lipinski definition) is 2. The van der Waals surface area contributed by atoms with Gasteiger partial charge >= 0.3 is 0 Å². The number of hydrogen-bond acceptors (Lipinski definition) is 2. The van der Waals surface area contributed by atoms with Crippen LogP contribution in [0.15, 0.2) is 29.7 Å². The summed E-state index contributed by atoms with van der Waals surface area (Å²) in [4.78, 5) is 0. The Morgan fingerprint density at radius 1 is 1.46 bits per heavy atom. The molecule has 1 saturated carbocycles. The first-order chi connectivity index (χ1) is 6.33. The van der Waals surface area contributed by atoms with Gasteiger partial charge in [-0.25, -0.2) is 0 Å². The lowest BCUT2D eigenvalue weighted by Crippen LogP contribution is -2.27. The molecule has 70 valence electrons. The summed E-state index contributed by atoms with van der Waals surface area (Å²) in [5.41, 5.74) is 5.63. The van der Waals surface area contributed by atoms with Gasteiger partial charge in [0.05, 0.1) is 6.04 Å². The van der Waals surface area contributed by atoms with Crippen molar-refractivity contribution in [1.29, 1.82) is 0 Å². The minimum atomic E-state index is 0.0417. The fourth-order valence-corrected chi connectivity index (χ4v) is 1.64. The highest BCUT2D eigenvalue weighted by molar-refractivity contribution is 5.84. The van der Waals surface area contributed by atoms with E-state index in [0.717, 1.165) is 0 Å². The Bertz CT molecular complexity index is 301. The molecule has 1 aliphatic rings. The van der Waals surface area contributed by atoms with Crippen LogP contribution in [-0.2, 0) is 0 Å². The zero-order valence-corrected chi connectivity index (χ0v) is 7.30. The second kappa shape index (κ2) is 3.12. The van der Waals surface area contributed by atoms with Gasteiger partial charge in [0.1, 0.15) is 0 Å². The molecule has 3 N–H and O–H groups in total. The molecule has 4 nitrogen and oxygen atoms in total. The van der Waals surface area contributed by atoms with Gasteiger partial charge in [0.15, 0.2) is 5.84 Å². The van der Waals surface area contributed by atoms with Crippen LogP contribution >= 0.6 is 0 Å². The van der Waals surface area contributed by atoms with Gasteiger partial charge < -0.3 is 15.5 Å². The van der Waals surface area contributed by atoms with Crippen molar-refractivity contribution in [2.45, 2.75) is 18.9 Å². The van der Waals surface area contributed by atoms with Crippen molar-refractivity contribution in [2.75, 3.05) is 0 Å². The Balaban J connectivity index is 2.24. The molecule has 1 aliphatic carbocycles. The Morgan fingerprint density at radius 2 is 2.08 bits per heavy atom. The molecule has 0 radical (unpaired) electrons. The fraction of sp³-hybridized carbons (Fsp3) is 0.444. The first kappa shape index (κ1) is 8.16. The van der Waals surface area contributed by atoms with Crippen molar-refractivity contribution in [1.82, 2.24) is 4.57 Å². The van der Waals surface area contributed by atoms with E-state index in [4.69, 9.17) is 10.9 Å². The van der Waals surface area contributed by atoms with Gasteiger partial charge in [-0.15, -0.1) is 0 Å². The average Bonchev–Trinajstić information content (AvgIpc) is 2.81. The molecule has 1 fully saturated rings. The predicted octanol–water partition coefficient (Wildman–Crippen LogP) is 1.19. The van der Waals surface area contributed by atoms with Crippen LogP contribution < -0.4 is 5.73 Å².